The summed E-state index contributed by atoms with van der Waals surface area (Å²) >= 11 is 0. The SMILES string of the molecule is Cc1cc([C@H](O)CCNC(=O)c2ccc(OC(F)(F)F)cc2)c(C)o1. The van der Waals surface area contributed by atoms with Gasteiger partial charge in [-0.05, 0) is 50.6 Å². The maximum absolute atomic E-state index is 12.1. The molecule has 0 spiro atoms. The molecular weight excluding hydrogens is 339 g/mol. The smallest absolute Gasteiger partial charge is 0.466 e. The number of amides is 1. The van der Waals surface area contributed by atoms with Gasteiger partial charge in [-0.1, -0.05) is 0 Å². The van der Waals surface area contributed by atoms with Crippen molar-refractivity contribution in [2.24, 2.45) is 0 Å². The van der Waals surface area contributed by atoms with Crippen LogP contribution in [-0.2, 0) is 0 Å². The lowest BCUT2D eigenvalue weighted by molar-refractivity contribution is -0.274. The van der Waals surface area contributed by atoms with Gasteiger partial charge in [0.2, 0.25) is 0 Å². The number of aryl methyl sites for hydroxylation is 2. The molecule has 0 unspecified atom stereocenters. The third-order valence-corrected chi connectivity index (χ3v) is 3.49. The summed E-state index contributed by atoms with van der Waals surface area (Å²) in [6, 6.07) is 6.33. The Morgan fingerprint density at radius 1 is 1.28 bits per heavy atom. The second-order valence-electron chi connectivity index (χ2n) is 5.50. The molecule has 2 N–H and O–H groups in total. The fourth-order valence-corrected chi connectivity index (χ4v) is 2.37. The molecule has 0 aliphatic heterocycles. The van der Waals surface area contributed by atoms with Crippen molar-refractivity contribution >= 4 is 5.91 Å². The Balaban J connectivity index is 1.85. The standard InChI is InChI=1S/C17H18F3NO4/c1-10-9-14(11(2)24-10)15(22)7-8-21-16(23)12-3-5-13(6-4-12)25-17(18,19)20/h3-6,9,15,22H,7-8H2,1-2H3,(H,21,23)/t15-/m1/s1. The highest BCUT2D eigenvalue weighted by molar-refractivity contribution is 5.94. The van der Waals surface area contributed by atoms with Gasteiger partial charge in [-0.15, -0.1) is 13.2 Å². The van der Waals surface area contributed by atoms with Crippen molar-refractivity contribution in [3.05, 3.63) is 53.0 Å². The van der Waals surface area contributed by atoms with Crippen molar-refractivity contribution in [1.29, 1.82) is 0 Å². The van der Waals surface area contributed by atoms with Crippen LogP contribution in [0.15, 0.2) is 34.7 Å². The predicted molar refractivity (Wildman–Crippen MR) is 83.2 cm³/mol. The van der Waals surface area contributed by atoms with Gasteiger partial charge in [0.15, 0.2) is 0 Å². The third-order valence-electron chi connectivity index (χ3n) is 3.49. The number of alkyl halides is 3. The summed E-state index contributed by atoms with van der Waals surface area (Å²) in [6.45, 7) is 3.72. The van der Waals surface area contributed by atoms with Crippen LogP contribution in [0.5, 0.6) is 5.75 Å². The number of hydrogen-bond acceptors (Lipinski definition) is 4. The van der Waals surface area contributed by atoms with Gasteiger partial charge in [0.25, 0.3) is 5.91 Å². The van der Waals surface area contributed by atoms with E-state index in [1.165, 1.54) is 12.1 Å². The Morgan fingerprint density at radius 3 is 2.44 bits per heavy atom. The van der Waals surface area contributed by atoms with E-state index in [-0.39, 0.29) is 18.5 Å². The second-order valence-corrected chi connectivity index (χ2v) is 5.50. The molecule has 2 aromatic rings. The minimum atomic E-state index is -4.77. The van der Waals surface area contributed by atoms with Crippen molar-refractivity contribution in [2.75, 3.05) is 6.54 Å². The number of aliphatic hydroxyl groups excluding tert-OH is 1. The Kier molecular flexibility index (Phi) is 5.73. The Morgan fingerprint density at radius 2 is 1.92 bits per heavy atom. The number of rotatable bonds is 6. The highest BCUT2D eigenvalue weighted by atomic mass is 19.4. The average Bonchev–Trinajstić information content (AvgIpc) is 2.85. The lowest BCUT2D eigenvalue weighted by Gasteiger charge is -2.11. The van der Waals surface area contributed by atoms with Crippen LogP contribution in [-0.4, -0.2) is 23.9 Å². The van der Waals surface area contributed by atoms with Crippen LogP contribution in [0.2, 0.25) is 0 Å². The summed E-state index contributed by atoms with van der Waals surface area (Å²) in [4.78, 5) is 12.0. The maximum atomic E-state index is 12.1. The van der Waals surface area contributed by atoms with E-state index in [9.17, 15) is 23.1 Å². The minimum absolute atomic E-state index is 0.194. The maximum Gasteiger partial charge on any atom is 0.573 e. The van der Waals surface area contributed by atoms with E-state index in [0.717, 1.165) is 12.1 Å². The van der Waals surface area contributed by atoms with E-state index in [4.69, 9.17) is 4.42 Å². The van der Waals surface area contributed by atoms with Gasteiger partial charge in [0, 0.05) is 17.7 Å². The number of hydrogen-bond donors (Lipinski definition) is 2. The van der Waals surface area contributed by atoms with E-state index >= 15 is 0 Å². The zero-order valence-electron chi connectivity index (χ0n) is 13.7. The van der Waals surface area contributed by atoms with Crippen LogP contribution in [0.1, 0.15) is 40.0 Å². The summed E-state index contributed by atoms with van der Waals surface area (Å²) in [5.74, 6) is 0.462. The highest BCUT2D eigenvalue weighted by Crippen LogP contribution is 2.24. The van der Waals surface area contributed by atoms with Gasteiger partial charge in [-0.2, -0.15) is 0 Å². The Bertz CT molecular complexity index is 722. The van der Waals surface area contributed by atoms with Crippen LogP contribution >= 0.6 is 0 Å². The summed E-state index contributed by atoms with van der Waals surface area (Å²) in [5, 5.41) is 12.7. The molecule has 0 aliphatic carbocycles. The van der Waals surface area contributed by atoms with Gasteiger partial charge in [0.05, 0.1) is 6.10 Å². The number of furan rings is 1. The molecule has 1 aromatic heterocycles. The van der Waals surface area contributed by atoms with Gasteiger partial charge in [-0.3, -0.25) is 4.79 Å². The summed E-state index contributed by atoms with van der Waals surface area (Å²) in [7, 11) is 0. The molecule has 0 fully saturated rings. The molecule has 8 heteroatoms. The lowest BCUT2D eigenvalue weighted by Crippen LogP contribution is -2.25. The van der Waals surface area contributed by atoms with E-state index in [1.807, 2.05) is 0 Å². The quantitative estimate of drug-likeness (QED) is 0.828. The third kappa shape index (κ3) is 5.53. The molecule has 1 aromatic carbocycles. The molecule has 136 valence electrons. The summed E-state index contributed by atoms with van der Waals surface area (Å²) in [6.07, 6.45) is -5.27. The van der Waals surface area contributed by atoms with E-state index in [1.54, 1.807) is 19.9 Å². The molecule has 25 heavy (non-hydrogen) atoms. The van der Waals surface area contributed by atoms with Gasteiger partial charge in [0.1, 0.15) is 17.3 Å². The largest absolute Gasteiger partial charge is 0.573 e. The van der Waals surface area contributed by atoms with E-state index in [2.05, 4.69) is 10.1 Å². The van der Waals surface area contributed by atoms with E-state index < -0.39 is 24.1 Å². The van der Waals surface area contributed by atoms with Crippen LogP contribution < -0.4 is 10.1 Å². The summed E-state index contributed by atoms with van der Waals surface area (Å²) < 4.78 is 45.3. The van der Waals surface area contributed by atoms with Crippen molar-refractivity contribution in [2.45, 2.75) is 32.7 Å². The normalized spacial score (nSPS) is 12.7. The fraction of sp³-hybridized carbons (Fsp3) is 0.353. The lowest BCUT2D eigenvalue weighted by atomic mass is 10.1. The molecule has 0 radical (unpaired) electrons. The molecular formula is C17H18F3NO4. The first-order valence-corrected chi connectivity index (χ1v) is 7.54. The number of halogens is 3. The van der Waals surface area contributed by atoms with Crippen molar-refractivity contribution in [3.8, 4) is 5.75 Å². The van der Waals surface area contributed by atoms with Gasteiger partial charge < -0.3 is 19.6 Å². The number of carbonyl (C=O) groups excluding carboxylic acids is 1. The van der Waals surface area contributed by atoms with Crippen molar-refractivity contribution < 1.29 is 32.2 Å². The summed E-state index contributed by atoms with van der Waals surface area (Å²) in [5.41, 5.74) is 0.861. The Labute approximate surface area is 142 Å². The monoisotopic (exact) mass is 357 g/mol. The number of ether oxygens (including phenoxy) is 1. The molecule has 1 atom stereocenters. The molecule has 0 aliphatic rings. The van der Waals surface area contributed by atoms with Crippen molar-refractivity contribution in [1.82, 2.24) is 5.32 Å². The zero-order chi connectivity index (χ0) is 18.6. The van der Waals surface area contributed by atoms with Crippen LogP contribution in [0.4, 0.5) is 13.2 Å². The molecule has 0 saturated heterocycles. The second kappa shape index (κ2) is 7.60. The number of carbonyl (C=O) groups is 1. The first-order valence-electron chi connectivity index (χ1n) is 7.54. The molecule has 1 amide bonds. The Hall–Kier alpha value is -2.48. The van der Waals surface area contributed by atoms with Crippen LogP contribution in [0.25, 0.3) is 0 Å². The predicted octanol–water partition coefficient (Wildman–Crippen LogP) is 3.65. The van der Waals surface area contributed by atoms with E-state index in [0.29, 0.717) is 17.1 Å². The molecule has 2 rings (SSSR count). The van der Waals surface area contributed by atoms with Crippen LogP contribution in [0.3, 0.4) is 0 Å². The first kappa shape index (κ1) is 18.9. The fourth-order valence-electron chi connectivity index (χ4n) is 2.37. The van der Waals surface area contributed by atoms with Gasteiger partial charge >= 0.3 is 6.36 Å². The minimum Gasteiger partial charge on any atom is -0.466 e. The number of nitrogens with one attached hydrogen (secondary N) is 1. The van der Waals surface area contributed by atoms with Crippen LogP contribution in [0, 0.1) is 13.8 Å². The highest BCUT2D eigenvalue weighted by Gasteiger charge is 2.31. The molecule has 1 heterocycles. The molecule has 0 bridgehead atoms. The molecule has 5 nitrogen and oxygen atoms in total. The number of benzene rings is 1. The topological polar surface area (TPSA) is 71.7 Å². The first-order chi connectivity index (χ1) is 11.7. The average molecular weight is 357 g/mol. The molecule has 0 saturated carbocycles. The number of aliphatic hydroxyl groups is 1. The zero-order valence-corrected chi connectivity index (χ0v) is 13.7. The van der Waals surface area contributed by atoms with Crippen molar-refractivity contribution in [3.63, 3.8) is 0 Å². The van der Waals surface area contributed by atoms with Gasteiger partial charge in [-0.25, -0.2) is 0 Å².